The van der Waals surface area contributed by atoms with Crippen LogP contribution >= 0.6 is 0 Å². The van der Waals surface area contributed by atoms with Gasteiger partial charge in [0.25, 0.3) is 0 Å². The molecule has 21 heavy (non-hydrogen) atoms. The van der Waals surface area contributed by atoms with Crippen LogP contribution in [0.3, 0.4) is 0 Å². The summed E-state index contributed by atoms with van der Waals surface area (Å²) in [5.74, 6) is 0.440. The number of aromatic hydroxyl groups is 1. The van der Waals surface area contributed by atoms with Crippen molar-refractivity contribution in [1.29, 1.82) is 0 Å². The highest BCUT2D eigenvalue weighted by Gasteiger charge is 2.26. The minimum Gasteiger partial charge on any atom is -0.507 e. The maximum Gasteiger partial charge on any atom is 0.123 e. The maximum absolute atomic E-state index is 10.7. The highest BCUT2D eigenvalue weighted by molar-refractivity contribution is 5.49. The molecule has 0 amide bonds. The van der Waals surface area contributed by atoms with Crippen LogP contribution in [0.15, 0.2) is 24.8 Å². The molecule has 0 aliphatic carbocycles. The van der Waals surface area contributed by atoms with Gasteiger partial charge in [-0.25, -0.2) is 0 Å². The lowest BCUT2D eigenvalue weighted by molar-refractivity contribution is 0.422. The fourth-order valence-corrected chi connectivity index (χ4v) is 2.30. The number of hydrogen-bond acceptors (Lipinski definition) is 2. The molecule has 0 saturated carbocycles. The molecule has 0 heterocycles. The smallest absolute Gasteiger partial charge is 0.123 e. The molecular formula is C19H31NO. The lowest BCUT2D eigenvalue weighted by Gasteiger charge is -2.28. The number of benzene rings is 1. The van der Waals surface area contributed by atoms with E-state index in [2.05, 4.69) is 72.5 Å². The maximum atomic E-state index is 10.7. The third-order valence-electron chi connectivity index (χ3n) is 3.77. The van der Waals surface area contributed by atoms with Gasteiger partial charge in [0.05, 0.1) is 0 Å². The van der Waals surface area contributed by atoms with Crippen molar-refractivity contribution in [2.75, 3.05) is 0 Å². The second kappa shape index (κ2) is 6.23. The summed E-state index contributed by atoms with van der Waals surface area (Å²) in [6, 6.07) is 4.51. The Labute approximate surface area is 130 Å². The predicted molar refractivity (Wildman–Crippen MR) is 92.0 cm³/mol. The van der Waals surface area contributed by atoms with E-state index in [4.69, 9.17) is 0 Å². The van der Waals surface area contributed by atoms with Crippen molar-refractivity contribution in [3.8, 4) is 5.75 Å². The molecule has 2 heteroatoms. The fraction of sp³-hybridized carbons (Fsp3) is 0.579. The van der Waals surface area contributed by atoms with E-state index < -0.39 is 0 Å². The summed E-state index contributed by atoms with van der Waals surface area (Å²) >= 11 is 0. The van der Waals surface area contributed by atoms with Crippen LogP contribution in [0, 0.1) is 0 Å². The van der Waals surface area contributed by atoms with Crippen LogP contribution in [-0.2, 0) is 17.4 Å². The largest absolute Gasteiger partial charge is 0.507 e. The third-order valence-corrected chi connectivity index (χ3v) is 3.77. The van der Waals surface area contributed by atoms with Gasteiger partial charge in [-0.1, -0.05) is 59.8 Å². The molecule has 1 atom stereocenters. The molecule has 0 bridgehead atoms. The molecule has 0 aromatic heterocycles. The van der Waals surface area contributed by atoms with Gasteiger partial charge in [0.2, 0.25) is 0 Å². The molecule has 1 rings (SSSR count). The summed E-state index contributed by atoms with van der Waals surface area (Å²) in [6.45, 7) is 19.5. The van der Waals surface area contributed by atoms with Gasteiger partial charge in [0.1, 0.15) is 5.75 Å². The monoisotopic (exact) mass is 289 g/mol. The molecule has 0 fully saturated rings. The predicted octanol–water partition coefficient (Wildman–Crippen LogP) is 4.65. The molecule has 2 N–H and O–H groups in total. The Kier molecular flexibility index (Phi) is 5.27. The van der Waals surface area contributed by atoms with E-state index in [1.165, 1.54) is 5.56 Å². The number of rotatable bonds is 4. The molecule has 118 valence electrons. The zero-order valence-electron chi connectivity index (χ0n) is 14.7. The first-order chi connectivity index (χ1) is 9.46. The standard InChI is InChI=1S/C19H31NO/c1-9-13(2)20-12-14-10-15(18(3,4)5)17(21)16(11-14)19(6,7)8/h9-11,13,20-21H,1,12H2,2-8H3. The van der Waals surface area contributed by atoms with Gasteiger partial charge in [-0.05, 0) is 34.4 Å². The van der Waals surface area contributed by atoms with Crippen LogP contribution < -0.4 is 5.32 Å². The summed E-state index contributed by atoms with van der Waals surface area (Å²) < 4.78 is 0. The van der Waals surface area contributed by atoms with Gasteiger partial charge in [0, 0.05) is 12.6 Å². The minimum atomic E-state index is -0.0792. The highest BCUT2D eigenvalue weighted by atomic mass is 16.3. The molecule has 0 saturated heterocycles. The van der Waals surface area contributed by atoms with Crippen molar-refractivity contribution in [2.24, 2.45) is 0 Å². The molecule has 1 aromatic rings. The van der Waals surface area contributed by atoms with E-state index in [-0.39, 0.29) is 16.9 Å². The highest BCUT2D eigenvalue weighted by Crippen LogP contribution is 2.39. The van der Waals surface area contributed by atoms with Crippen LogP contribution in [0.2, 0.25) is 0 Å². The van der Waals surface area contributed by atoms with Crippen molar-refractivity contribution < 1.29 is 5.11 Å². The zero-order chi connectivity index (χ0) is 16.4. The SMILES string of the molecule is C=CC(C)NCc1cc(C(C)(C)C)c(O)c(C(C)(C)C)c1. The molecule has 0 aliphatic rings. The molecule has 0 spiro atoms. The van der Waals surface area contributed by atoms with Crippen LogP contribution in [-0.4, -0.2) is 11.1 Å². The van der Waals surface area contributed by atoms with Gasteiger partial charge in [-0.2, -0.15) is 0 Å². The molecule has 0 aliphatic heterocycles. The Hall–Kier alpha value is -1.28. The van der Waals surface area contributed by atoms with Crippen LogP contribution in [0.25, 0.3) is 0 Å². The third kappa shape index (κ3) is 4.60. The number of phenols is 1. The summed E-state index contributed by atoms with van der Waals surface area (Å²) in [4.78, 5) is 0. The average Bonchev–Trinajstić information content (AvgIpc) is 2.34. The number of hydrogen-bond donors (Lipinski definition) is 2. The topological polar surface area (TPSA) is 32.3 Å². The molecular weight excluding hydrogens is 258 g/mol. The normalized spacial score (nSPS) is 14.0. The molecule has 1 unspecified atom stereocenters. The summed E-state index contributed by atoms with van der Waals surface area (Å²) in [6.07, 6.45) is 1.90. The first-order valence-corrected chi connectivity index (χ1v) is 7.69. The summed E-state index contributed by atoms with van der Waals surface area (Å²) in [5.41, 5.74) is 3.07. The van der Waals surface area contributed by atoms with Crippen molar-refractivity contribution >= 4 is 0 Å². The second-order valence-electron chi connectivity index (χ2n) is 7.94. The van der Waals surface area contributed by atoms with Gasteiger partial charge in [-0.3, -0.25) is 0 Å². The zero-order valence-corrected chi connectivity index (χ0v) is 14.7. The molecule has 2 nitrogen and oxygen atoms in total. The van der Waals surface area contributed by atoms with Crippen molar-refractivity contribution in [2.45, 2.75) is 71.9 Å². The first kappa shape index (κ1) is 17.8. The molecule has 0 radical (unpaired) electrons. The van der Waals surface area contributed by atoms with Crippen molar-refractivity contribution in [1.82, 2.24) is 5.32 Å². The van der Waals surface area contributed by atoms with Gasteiger partial charge in [-0.15, -0.1) is 6.58 Å². The molecule has 1 aromatic carbocycles. The van der Waals surface area contributed by atoms with Crippen molar-refractivity contribution in [3.63, 3.8) is 0 Å². The van der Waals surface area contributed by atoms with Gasteiger partial charge in [0.15, 0.2) is 0 Å². The van der Waals surface area contributed by atoms with E-state index in [0.29, 0.717) is 5.75 Å². The fourth-order valence-electron chi connectivity index (χ4n) is 2.30. The Balaban J connectivity index is 3.30. The first-order valence-electron chi connectivity index (χ1n) is 7.69. The Morgan fingerprint density at radius 1 is 1.10 bits per heavy atom. The van der Waals surface area contributed by atoms with Crippen LogP contribution in [0.1, 0.15) is 65.2 Å². The number of nitrogens with one attached hydrogen (secondary N) is 1. The Morgan fingerprint density at radius 2 is 1.52 bits per heavy atom. The van der Waals surface area contributed by atoms with E-state index in [9.17, 15) is 5.11 Å². The quantitative estimate of drug-likeness (QED) is 0.791. The van der Waals surface area contributed by atoms with E-state index in [1.54, 1.807) is 0 Å². The lowest BCUT2D eigenvalue weighted by Crippen LogP contribution is -2.24. The van der Waals surface area contributed by atoms with E-state index >= 15 is 0 Å². The minimum absolute atomic E-state index is 0.0792. The van der Waals surface area contributed by atoms with E-state index in [0.717, 1.165) is 17.7 Å². The summed E-state index contributed by atoms with van der Waals surface area (Å²) in [7, 11) is 0. The Bertz CT molecular complexity index is 468. The number of phenolic OH excluding ortho intramolecular Hbond substituents is 1. The van der Waals surface area contributed by atoms with Crippen molar-refractivity contribution in [3.05, 3.63) is 41.5 Å². The second-order valence-corrected chi connectivity index (χ2v) is 7.94. The Morgan fingerprint density at radius 3 is 1.86 bits per heavy atom. The summed E-state index contributed by atoms with van der Waals surface area (Å²) in [5, 5.41) is 14.1. The van der Waals surface area contributed by atoms with Gasteiger partial charge < -0.3 is 10.4 Å². The van der Waals surface area contributed by atoms with E-state index in [1.807, 2.05) is 6.08 Å². The lowest BCUT2D eigenvalue weighted by atomic mass is 9.78. The average molecular weight is 289 g/mol. The van der Waals surface area contributed by atoms with Crippen LogP contribution in [0.5, 0.6) is 5.75 Å². The van der Waals surface area contributed by atoms with Gasteiger partial charge >= 0.3 is 0 Å². The van der Waals surface area contributed by atoms with Crippen LogP contribution in [0.4, 0.5) is 0 Å².